The van der Waals surface area contributed by atoms with Crippen molar-refractivity contribution < 1.29 is 0 Å². The molecule has 0 aromatic carbocycles. The Labute approximate surface area is 101 Å². The van der Waals surface area contributed by atoms with Crippen LogP contribution in [-0.2, 0) is 6.54 Å². The minimum Gasteiger partial charge on any atom is -0.376 e. The van der Waals surface area contributed by atoms with E-state index in [4.69, 9.17) is 18.0 Å². The number of nitrogens with zero attached hydrogens (tertiary/aromatic N) is 3. The Morgan fingerprint density at radius 1 is 1.25 bits per heavy atom. The van der Waals surface area contributed by atoms with Crippen molar-refractivity contribution in [3.05, 3.63) is 30.1 Å². The molecule has 1 aromatic heterocycles. The minimum atomic E-state index is 0.517. The van der Waals surface area contributed by atoms with Crippen LogP contribution in [0.1, 0.15) is 5.56 Å². The summed E-state index contributed by atoms with van der Waals surface area (Å²) in [5, 5.41) is 0.517. The van der Waals surface area contributed by atoms with Crippen LogP contribution < -0.4 is 5.73 Å². The summed E-state index contributed by atoms with van der Waals surface area (Å²) in [5.74, 6) is 0. The van der Waals surface area contributed by atoms with E-state index in [0.717, 1.165) is 32.7 Å². The second-order valence-electron chi connectivity index (χ2n) is 3.96. The van der Waals surface area contributed by atoms with E-state index in [1.807, 2.05) is 12.4 Å². The monoisotopic (exact) mass is 236 g/mol. The van der Waals surface area contributed by atoms with Crippen molar-refractivity contribution in [1.29, 1.82) is 0 Å². The first-order valence-corrected chi connectivity index (χ1v) is 5.82. The van der Waals surface area contributed by atoms with Crippen molar-refractivity contribution >= 4 is 17.3 Å². The number of piperazine rings is 1. The van der Waals surface area contributed by atoms with Crippen LogP contribution >= 0.6 is 12.2 Å². The van der Waals surface area contributed by atoms with Gasteiger partial charge in [-0.3, -0.25) is 9.88 Å². The number of nitrogens with two attached hydrogens (primary N) is 1. The van der Waals surface area contributed by atoms with Gasteiger partial charge in [-0.15, -0.1) is 0 Å². The molecule has 2 N–H and O–H groups in total. The van der Waals surface area contributed by atoms with Gasteiger partial charge in [0.1, 0.15) is 0 Å². The second kappa shape index (κ2) is 5.23. The van der Waals surface area contributed by atoms with Crippen LogP contribution in [0.25, 0.3) is 0 Å². The average Bonchev–Trinajstić information content (AvgIpc) is 2.31. The summed E-state index contributed by atoms with van der Waals surface area (Å²) in [4.78, 5) is 8.47. The van der Waals surface area contributed by atoms with Gasteiger partial charge in [-0.05, 0) is 29.9 Å². The molecule has 1 aliphatic heterocycles. The molecule has 2 rings (SSSR count). The molecule has 5 heteroatoms. The Hall–Kier alpha value is -1.20. The molecule has 1 aromatic rings. The maximum atomic E-state index is 5.60. The lowest BCUT2D eigenvalue weighted by molar-refractivity contribution is 0.176. The fourth-order valence-electron chi connectivity index (χ4n) is 1.87. The number of thiocarbonyl (C=S) groups is 1. The molecule has 0 saturated carbocycles. The molecule has 2 heterocycles. The first kappa shape index (κ1) is 11.3. The van der Waals surface area contributed by atoms with E-state index in [0.29, 0.717) is 5.11 Å². The van der Waals surface area contributed by atoms with E-state index in [1.54, 1.807) is 0 Å². The Kier molecular flexibility index (Phi) is 3.69. The lowest BCUT2D eigenvalue weighted by Gasteiger charge is -2.34. The molecule has 1 aliphatic rings. The number of hydrogen-bond donors (Lipinski definition) is 1. The van der Waals surface area contributed by atoms with Crippen LogP contribution in [0.15, 0.2) is 24.5 Å². The van der Waals surface area contributed by atoms with Crippen LogP contribution in [0.3, 0.4) is 0 Å². The highest BCUT2D eigenvalue weighted by molar-refractivity contribution is 7.80. The van der Waals surface area contributed by atoms with Crippen LogP contribution in [0.5, 0.6) is 0 Å². The lowest BCUT2D eigenvalue weighted by atomic mass is 10.2. The number of rotatable bonds is 2. The molecular weight excluding hydrogens is 220 g/mol. The molecule has 0 radical (unpaired) electrons. The van der Waals surface area contributed by atoms with Crippen LogP contribution in [-0.4, -0.2) is 46.1 Å². The number of hydrogen-bond acceptors (Lipinski definition) is 3. The molecule has 0 aliphatic carbocycles. The molecule has 1 saturated heterocycles. The zero-order chi connectivity index (χ0) is 11.4. The molecule has 0 unspecified atom stereocenters. The summed E-state index contributed by atoms with van der Waals surface area (Å²) < 4.78 is 0. The molecule has 16 heavy (non-hydrogen) atoms. The van der Waals surface area contributed by atoms with Gasteiger partial charge in [-0.25, -0.2) is 0 Å². The summed E-state index contributed by atoms with van der Waals surface area (Å²) in [7, 11) is 0. The van der Waals surface area contributed by atoms with E-state index < -0.39 is 0 Å². The standard InChI is InChI=1S/C11H16N4S/c12-11(16)15-7-5-14(6-8-15)9-10-1-3-13-4-2-10/h1-4H,5-9H2,(H2,12,16). The smallest absolute Gasteiger partial charge is 0.166 e. The Morgan fingerprint density at radius 2 is 1.88 bits per heavy atom. The van der Waals surface area contributed by atoms with E-state index in [-0.39, 0.29) is 0 Å². The summed E-state index contributed by atoms with van der Waals surface area (Å²) in [6.45, 7) is 4.87. The predicted octanol–water partition coefficient (Wildman–Crippen LogP) is 0.443. The Bertz CT molecular complexity index is 346. The van der Waals surface area contributed by atoms with Crippen molar-refractivity contribution in [2.24, 2.45) is 5.73 Å². The molecule has 0 amide bonds. The van der Waals surface area contributed by atoms with Gasteiger partial charge in [0.25, 0.3) is 0 Å². The summed E-state index contributed by atoms with van der Waals surface area (Å²) >= 11 is 4.96. The quantitative estimate of drug-likeness (QED) is 0.755. The maximum Gasteiger partial charge on any atom is 0.166 e. The largest absolute Gasteiger partial charge is 0.376 e. The van der Waals surface area contributed by atoms with Gasteiger partial charge in [0.15, 0.2) is 5.11 Å². The van der Waals surface area contributed by atoms with Gasteiger partial charge in [-0.2, -0.15) is 0 Å². The van der Waals surface area contributed by atoms with Crippen molar-refractivity contribution in [1.82, 2.24) is 14.8 Å². The fourth-order valence-corrected chi connectivity index (χ4v) is 2.06. The Morgan fingerprint density at radius 3 is 2.44 bits per heavy atom. The Balaban J connectivity index is 1.84. The third kappa shape index (κ3) is 2.90. The minimum absolute atomic E-state index is 0.517. The van der Waals surface area contributed by atoms with Gasteiger partial charge < -0.3 is 10.6 Å². The highest BCUT2D eigenvalue weighted by atomic mass is 32.1. The van der Waals surface area contributed by atoms with Gasteiger partial charge in [-0.1, -0.05) is 0 Å². The van der Waals surface area contributed by atoms with E-state index >= 15 is 0 Å². The van der Waals surface area contributed by atoms with Crippen molar-refractivity contribution in [3.63, 3.8) is 0 Å². The number of pyridine rings is 1. The molecule has 0 spiro atoms. The summed E-state index contributed by atoms with van der Waals surface area (Å²) in [5.41, 5.74) is 6.90. The van der Waals surface area contributed by atoms with Crippen molar-refractivity contribution in [2.75, 3.05) is 26.2 Å². The molecule has 0 bridgehead atoms. The van der Waals surface area contributed by atoms with Gasteiger partial charge in [0.05, 0.1) is 0 Å². The molecule has 86 valence electrons. The first-order chi connectivity index (χ1) is 7.75. The van der Waals surface area contributed by atoms with Crippen LogP contribution in [0.4, 0.5) is 0 Å². The zero-order valence-corrected chi connectivity index (χ0v) is 9.99. The van der Waals surface area contributed by atoms with Crippen molar-refractivity contribution in [3.8, 4) is 0 Å². The fraction of sp³-hybridized carbons (Fsp3) is 0.455. The highest BCUT2D eigenvalue weighted by Crippen LogP contribution is 2.07. The molecule has 1 fully saturated rings. The second-order valence-corrected chi connectivity index (χ2v) is 4.38. The van der Waals surface area contributed by atoms with Gasteiger partial charge in [0.2, 0.25) is 0 Å². The van der Waals surface area contributed by atoms with E-state index in [2.05, 4.69) is 26.9 Å². The molecule has 0 atom stereocenters. The third-order valence-corrected chi connectivity index (χ3v) is 3.10. The predicted molar refractivity (Wildman–Crippen MR) is 67.9 cm³/mol. The first-order valence-electron chi connectivity index (χ1n) is 5.41. The summed E-state index contributed by atoms with van der Waals surface area (Å²) in [6.07, 6.45) is 3.67. The topological polar surface area (TPSA) is 45.4 Å². The summed E-state index contributed by atoms with van der Waals surface area (Å²) in [6, 6.07) is 4.11. The van der Waals surface area contributed by atoms with E-state index in [1.165, 1.54) is 5.56 Å². The normalized spacial score (nSPS) is 17.4. The zero-order valence-electron chi connectivity index (χ0n) is 9.17. The van der Waals surface area contributed by atoms with Gasteiger partial charge in [0, 0.05) is 45.1 Å². The van der Waals surface area contributed by atoms with Crippen LogP contribution in [0, 0.1) is 0 Å². The maximum absolute atomic E-state index is 5.60. The molecular formula is C11H16N4S. The average molecular weight is 236 g/mol. The van der Waals surface area contributed by atoms with Crippen LogP contribution in [0.2, 0.25) is 0 Å². The van der Waals surface area contributed by atoms with Gasteiger partial charge >= 0.3 is 0 Å². The molecule has 4 nitrogen and oxygen atoms in total. The third-order valence-electron chi connectivity index (χ3n) is 2.84. The SMILES string of the molecule is NC(=S)N1CCN(Cc2ccncc2)CC1. The van der Waals surface area contributed by atoms with Crippen molar-refractivity contribution in [2.45, 2.75) is 6.54 Å². The van der Waals surface area contributed by atoms with E-state index in [9.17, 15) is 0 Å². The highest BCUT2D eigenvalue weighted by Gasteiger charge is 2.17. The number of aromatic nitrogens is 1. The lowest BCUT2D eigenvalue weighted by Crippen LogP contribution is -2.49.